The second-order valence-electron chi connectivity index (χ2n) is 10.5. The van der Waals surface area contributed by atoms with Gasteiger partial charge in [0.2, 0.25) is 17.6 Å². The number of hydrogen-bond donors (Lipinski definition) is 2. The van der Waals surface area contributed by atoms with E-state index < -0.39 is 11.7 Å². The number of benzene rings is 1. The highest BCUT2D eigenvalue weighted by Gasteiger charge is 2.35. The molecule has 0 spiro atoms. The van der Waals surface area contributed by atoms with E-state index >= 15 is 0 Å². The topological polar surface area (TPSA) is 99.8 Å². The van der Waals surface area contributed by atoms with Crippen molar-refractivity contribution >= 4 is 5.84 Å². The van der Waals surface area contributed by atoms with Gasteiger partial charge in [-0.15, -0.1) is 0 Å². The van der Waals surface area contributed by atoms with E-state index in [1.807, 2.05) is 13.8 Å². The summed E-state index contributed by atoms with van der Waals surface area (Å²) in [6.45, 7) is 8.45. The van der Waals surface area contributed by atoms with Gasteiger partial charge >= 0.3 is 6.18 Å². The van der Waals surface area contributed by atoms with Crippen LogP contribution in [0, 0.1) is 11.8 Å². The lowest BCUT2D eigenvalue weighted by atomic mass is 9.86. The van der Waals surface area contributed by atoms with Crippen molar-refractivity contribution in [3.63, 3.8) is 0 Å². The Kier molecular flexibility index (Phi) is 13.1. The second kappa shape index (κ2) is 15.7. The lowest BCUT2D eigenvalue weighted by Crippen LogP contribution is -2.49. The van der Waals surface area contributed by atoms with Gasteiger partial charge in [-0.3, -0.25) is 11.1 Å². The zero-order valence-electron chi connectivity index (χ0n) is 23.4. The van der Waals surface area contributed by atoms with E-state index in [9.17, 15) is 13.2 Å². The van der Waals surface area contributed by atoms with Crippen LogP contribution in [0.3, 0.4) is 0 Å². The average Bonchev–Trinajstić information content (AvgIpc) is 3.40. The number of nitrogens with zero attached hydrogens (tertiary/aromatic N) is 2. The Bertz CT molecular complexity index is 971. The molecule has 1 aromatic carbocycles. The molecule has 4 N–H and O–H groups in total. The number of amidine groups is 1. The normalized spacial score (nSPS) is 15.9. The third-order valence-electron chi connectivity index (χ3n) is 7.32. The summed E-state index contributed by atoms with van der Waals surface area (Å²) in [5.74, 6) is 2.18. The Labute approximate surface area is 225 Å². The summed E-state index contributed by atoms with van der Waals surface area (Å²) in [7, 11) is 0. The van der Waals surface area contributed by atoms with Gasteiger partial charge in [-0.25, -0.2) is 0 Å². The number of rotatable bonds is 12. The molecular weight excluding hydrogens is 493 g/mol. The van der Waals surface area contributed by atoms with Gasteiger partial charge in [-0.2, -0.15) is 18.2 Å². The lowest BCUT2D eigenvalue weighted by molar-refractivity contribution is -0.139. The van der Waals surface area contributed by atoms with Crippen LogP contribution < -0.4 is 15.9 Å². The van der Waals surface area contributed by atoms with Gasteiger partial charge in [0.15, 0.2) is 0 Å². The monoisotopic (exact) mass is 539 g/mol. The second-order valence-corrected chi connectivity index (χ2v) is 10.5. The van der Waals surface area contributed by atoms with Crippen LogP contribution in [-0.2, 0) is 6.18 Å². The third kappa shape index (κ3) is 10.3. The van der Waals surface area contributed by atoms with E-state index in [0.29, 0.717) is 30.2 Å². The third-order valence-corrected chi connectivity index (χ3v) is 7.32. The van der Waals surface area contributed by atoms with E-state index in [2.05, 4.69) is 24.0 Å². The molecule has 0 saturated heterocycles. The van der Waals surface area contributed by atoms with Crippen LogP contribution in [0.15, 0.2) is 22.7 Å². The summed E-state index contributed by atoms with van der Waals surface area (Å²) in [4.78, 5) is 4.33. The first kappa shape index (κ1) is 31.6. The van der Waals surface area contributed by atoms with Gasteiger partial charge < -0.3 is 9.26 Å². The maximum absolute atomic E-state index is 13.7. The van der Waals surface area contributed by atoms with Crippen LogP contribution in [0.1, 0.15) is 116 Å². The molecule has 38 heavy (non-hydrogen) atoms. The van der Waals surface area contributed by atoms with Crippen molar-refractivity contribution < 1.29 is 27.8 Å². The molecule has 0 amide bonds. The summed E-state index contributed by atoms with van der Waals surface area (Å²) in [5, 5.41) is 9.14. The average molecular weight is 540 g/mol. The Morgan fingerprint density at radius 1 is 1.16 bits per heavy atom. The van der Waals surface area contributed by atoms with Crippen molar-refractivity contribution in [3.05, 3.63) is 29.7 Å². The smallest absolute Gasteiger partial charge is 0.419 e. The number of hydrogen-bond acceptors (Lipinski definition) is 4. The van der Waals surface area contributed by atoms with Gasteiger partial charge in [-0.1, -0.05) is 77.8 Å². The Balaban J connectivity index is 0.000000638. The van der Waals surface area contributed by atoms with Gasteiger partial charge in [0.25, 0.3) is 0 Å². The Morgan fingerprint density at radius 3 is 2.45 bits per heavy atom. The fourth-order valence-corrected chi connectivity index (χ4v) is 4.47. The number of alkyl halides is 3. The molecule has 0 bridgehead atoms. The first-order valence-corrected chi connectivity index (χ1v) is 14.1. The van der Waals surface area contributed by atoms with E-state index in [4.69, 9.17) is 20.4 Å². The minimum atomic E-state index is -4.52. The SMILES string of the molecule is CCC(C)C(N)=[NH2+].CCCCC(C)c1nc(-c2ccc(OCCCC3CCCCC3)c(C(F)(F)F)c2)no1. The van der Waals surface area contributed by atoms with E-state index in [0.717, 1.165) is 44.6 Å². The summed E-state index contributed by atoms with van der Waals surface area (Å²) < 4.78 is 51.9. The molecule has 0 radical (unpaired) electrons. The zero-order valence-corrected chi connectivity index (χ0v) is 23.4. The van der Waals surface area contributed by atoms with Crippen LogP contribution in [0.4, 0.5) is 13.2 Å². The Hall–Kier alpha value is -2.58. The van der Waals surface area contributed by atoms with Crippen molar-refractivity contribution in [2.24, 2.45) is 17.6 Å². The molecule has 1 aromatic heterocycles. The predicted molar refractivity (Wildman–Crippen MR) is 145 cm³/mol. The number of unbranched alkanes of at least 4 members (excludes halogenated alkanes) is 1. The minimum Gasteiger partial charge on any atom is -0.493 e. The molecule has 6 nitrogen and oxygen atoms in total. The quantitative estimate of drug-likeness (QED) is 0.173. The lowest BCUT2D eigenvalue weighted by Gasteiger charge is -2.21. The molecule has 3 rings (SSSR count). The molecule has 1 aliphatic carbocycles. The van der Waals surface area contributed by atoms with Crippen molar-refractivity contribution in [1.29, 1.82) is 0 Å². The molecule has 2 unspecified atom stereocenters. The van der Waals surface area contributed by atoms with Crippen LogP contribution in [0.2, 0.25) is 0 Å². The molecule has 0 aliphatic heterocycles. The predicted octanol–water partition coefficient (Wildman–Crippen LogP) is 6.94. The number of nitrogens with two attached hydrogens (primary N) is 2. The van der Waals surface area contributed by atoms with Crippen LogP contribution >= 0.6 is 0 Å². The molecule has 1 aliphatic rings. The summed E-state index contributed by atoms with van der Waals surface area (Å²) in [5.41, 5.74) is 4.72. The van der Waals surface area contributed by atoms with Gasteiger partial charge in [0.1, 0.15) is 5.75 Å². The fourth-order valence-electron chi connectivity index (χ4n) is 4.47. The van der Waals surface area contributed by atoms with Crippen LogP contribution in [-0.4, -0.2) is 22.6 Å². The molecular formula is C29H46F3N4O2+. The highest BCUT2D eigenvalue weighted by Crippen LogP contribution is 2.39. The van der Waals surface area contributed by atoms with Crippen molar-refractivity contribution in [2.45, 2.75) is 110 Å². The molecule has 1 heterocycles. The molecule has 1 saturated carbocycles. The highest BCUT2D eigenvalue weighted by molar-refractivity contribution is 5.76. The number of aromatic nitrogens is 2. The molecule has 1 fully saturated rings. The Morgan fingerprint density at radius 2 is 1.87 bits per heavy atom. The minimum absolute atomic E-state index is 0.0788. The molecule has 2 atom stereocenters. The molecule has 9 heteroatoms. The maximum Gasteiger partial charge on any atom is 0.419 e. The largest absolute Gasteiger partial charge is 0.493 e. The van der Waals surface area contributed by atoms with Crippen LogP contribution in [0.5, 0.6) is 5.75 Å². The van der Waals surface area contributed by atoms with Gasteiger partial charge in [0, 0.05) is 11.5 Å². The first-order valence-electron chi connectivity index (χ1n) is 14.1. The van der Waals surface area contributed by atoms with Crippen molar-refractivity contribution in [3.8, 4) is 17.1 Å². The van der Waals surface area contributed by atoms with E-state index in [1.165, 1.54) is 38.2 Å². The molecule has 2 aromatic rings. The number of halogens is 3. The van der Waals surface area contributed by atoms with Crippen molar-refractivity contribution in [1.82, 2.24) is 10.1 Å². The standard InChI is InChI=1S/C24H33F3N2O2.C5H12N2/c1-3-4-9-17(2)23-28-22(29-31-23)19-13-14-21(20(16-19)24(25,26)27)30-15-8-12-18-10-6-5-7-11-18;1-3-4(2)5(6)7/h13-14,16-18H,3-12,15H2,1-2H3;4H,3H2,1-2H3,(H3,6,7)/p+1. The van der Waals surface area contributed by atoms with Crippen molar-refractivity contribution in [2.75, 3.05) is 6.61 Å². The van der Waals surface area contributed by atoms with Crippen LogP contribution in [0.25, 0.3) is 11.4 Å². The summed E-state index contributed by atoms with van der Waals surface area (Å²) in [6.07, 6.45) is 7.58. The van der Waals surface area contributed by atoms with Gasteiger partial charge in [-0.05, 0) is 49.8 Å². The first-order chi connectivity index (χ1) is 18.1. The van der Waals surface area contributed by atoms with E-state index in [-0.39, 0.29) is 23.1 Å². The maximum atomic E-state index is 13.7. The van der Waals surface area contributed by atoms with Gasteiger partial charge in [0.05, 0.1) is 18.1 Å². The number of ether oxygens (including phenoxy) is 1. The molecule has 214 valence electrons. The highest BCUT2D eigenvalue weighted by atomic mass is 19.4. The summed E-state index contributed by atoms with van der Waals surface area (Å²) >= 11 is 0. The van der Waals surface area contributed by atoms with E-state index in [1.54, 1.807) is 6.07 Å². The fraction of sp³-hybridized carbons (Fsp3) is 0.690. The zero-order chi connectivity index (χ0) is 28.1. The summed E-state index contributed by atoms with van der Waals surface area (Å²) in [6, 6.07) is 3.99.